The Balaban J connectivity index is 0.00000210. The molecule has 0 aliphatic heterocycles. The molecule has 134 valence electrons. The number of halogens is 1. The third-order valence-corrected chi connectivity index (χ3v) is 4.61. The molecule has 0 atom stereocenters. The molecule has 0 fully saturated rings. The second-order valence-corrected chi connectivity index (χ2v) is 6.53. The number of nitrogens with zero attached hydrogens (tertiary/aromatic N) is 1. The monoisotopic (exact) mass is 417 g/mol. The Kier molecular flexibility index (Phi) is 6.15. The number of ketones is 1. The van der Waals surface area contributed by atoms with E-state index in [1.807, 2.05) is 59.4 Å². The van der Waals surface area contributed by atoms with Gasteiger partial charge in [0, 0.05) is 17.7 Å². The van der Waals surface area contributed by atoms with Crippen LogP contribution in [0.25, 0.3) is 10.8 Å². The third-order valence-electron chi connectivity index (χ3n) is 4.61. The van der Waals surface area contributed by atoms with Crippen molar-refractivity contribution in [2.45, 2.75) is 13.0 Å². The fraction of sp³-hybridized carbons (Fsp3) is 0.0833. The van der Waals surface area contributed by atoms with Gasteiger partial charge in [-0.1, -0.05) is 66.7 Å². The number of Topliss-reactive ketones (excluding diaryl/α,β-unsaturated/α-hetero) is 1. The zero-order valence-electron chi connectivity index (χ0n) is 14.9. The summed E-state index contributed by atoms with van der Waals surface area (Å²) in [4.78, 5) is 12.6. The zero-order chi connectivity index (χ0) is 17.8. The smallest absolute Gasteiger partial charge is 0.227 e. The molecule has 2 nitrogen and oxygen atoms in total. The van der Waals surface area contributed by atoms with Gasteiger partial charge < -0.3 is 17.0 Å². The minimum atomic E-state index is 0. The lowest BCUT2D eigenvalue weighted by Gasteiger charge is -2.03. The van der Waals surface area contributed by atoms with Crippen LogP contribution in [0.2, 0.25) is 0 Å². The average Bonchev–Trinajstić information content (AvgIpc) is 2.70. The Hall–Kier alpha value is -2.78. The topological polar surface area (TPSA) is 20.9 Å². The molecule has 0 aliphatic carbocycles. The summed E-state index contributed by atoms with van der Waals surface area (Å²) in [5, 5.41) is 2.25. The van der Waals surface area contributed by atoms with E-state index in [-0.39, 0.29) is 22.8 Å². The summed E-state index contributed by atoms with van der Waals surface area (Å²) in [6.45, 7) is 0.351. The van der Waals surface area contributed by atoms with Crippen molar-refractivity contribution in [1.29, 1.82) is 0 Å². The van der Waals surface area contributed by atoms with Crippen molar-refractivity contribution in [3.05, 3.63) is 114 Å². The number of hydrogen-bond acceptors (Lipinski definition) is 1. The van der Waals surface area contributed by atoms with Gasteiger partial charge in [0.05, 0.1) is 0 Å². The molecule has 0 amide bonds. The fourth-order valence-electron chi connectivity index (χ4n) is 3.16. The molecule has 4 aromatic rings. The van der Waals surface area contributed by atoms with Gasteiger partial charge in [-0.3, -0.25) is 4.79 Å². The highest BCUT2D eigenvalue weighted by Gasteiger charge is 2.12. The van der Waals surface area contributed by atoms with Crippen molar-refractivity contribution in [2.75, 3.05) is 0 Å². The number of rotatable bonds is 5. The van der Waals surface area contributed by atoms with Gasteiger partial charge in [-0.2, -0.15) is 4.57 Å². The summed E-state index contributed by atoms with van der Waals surface area (Å²) in [7, 11) is 0. The lowest BCUT2D eigenvalue weighted by atomic mass is 10.0. The number of carbonyl (C=O) groups is 1. The molecule has 27 heavy (non-hydrogen) atoms. The van der Waals surface area contributed by atoms with Gasteiger partial charge in [0.2, 0.25) is 12.3 Å². The summed E-state index contributed by atoms with van der Waals surface area (Å²) in [5.41, 5.74) is 3.28. The first-order valence-electron chi connectivity index (χ1n) is 8.82. The SMILES string of the molecule is O=C(C[n+]1ccc(Cc2ccccc2)cc1)c1ccc2ccccc2c1.[Br-]. The second kappa shape index (κ2) is 8.74. The highest BCUT2D eigenvalue weighted by Crippen LogP contribution is 2.16. The lowest BCUT2D eigenvalue weighted by molar-refractivity contribution is -0.683. The molecule has 0 saturated heterocycles. The quantitative estimate of drug-likeness (QED) is 0.357. The first-order valence-corrected chi connectivity index (χ1v) is 8.82. The standard InChI is InChI=1S/C24H20NO.BrH/c26-24(23-11-10-21-8-4-5-9-22(21)17-23)18-25-14-12-20(13-15-25)16-19-6-2-1-3-7-19;/h1-15,17H,16,18H2;1H/q+1;/p-1. The molecule has 4 rings (SSSR count). The van der Waals surface area contributed by atoms with Crippen LogP contribution in [-0.4, -0.2) is 5.78 Å². The maximum atomic E-state index is 12.6. The van der Waals surface area contributed by atoms with Crippen LogP contribution < -0.4 is 21.5 Å². The Labute approximate surface area is 169 Å². The molecule has 0 radical (unpaired) electrons. The zero-order valence-corrected chi connectivity index (χ0v) is 16.5. The molecule has 1 aromatic heterocycles. The normalized spacial score (nSPS) is 10.4. The van der Waals surface area contributed by atoms with Crippen LogP contribution in [0, 0.1) is 0 Å². The van der Waals surface area contributed by atoms with Crippen molar-refractivity contribution >= 4 is 16.6 Å². The molecule has 1 heterocycles. The van der Waals surface area contributed by atoms with Crippen LogP contribution in [0.1, 0.15) is 21.5 Å². The second-order valence-electron chi connectivity index (χ2n) is 6.53. The van der Waals surface area contributed by atoms with Crippen molar-refractivity contribution in [3.8, 4) is 0 Å². The van der Waals surface area contributed by atoms with E-state index in [2.05, 4.69) is 42.5 Å². The van der Waals surface area contributed by atoms with Crippen molar-refractivity contribution < 1.29 is 26.3 Å². The van der Waals surface area contributed by atoms with E-state index < -0.39 is 0 Å². The molecule has 0 unspecified atom stereocenters. The molecule has 0 N–H and O–H groups in total. The van der Waals surface area contributed by atoms with Gasteiger partial charge in [-0.25, -0.2) is 0 Å². The third kappa shape index (κ3) is 4.69. The van der Waals surface area contributed by atoms with Crippen molar-refractivity contribution in [3.63, 3.8) is 0 Å². The van der Waals surface area contributed by atoms with Gasteiger partial charge in [0.1, 0.15) is 0 Å². The Morgan fingerprint density at radius 2 is 1.33 bits per heavy atom. The fourth-order valence-corrected chi connectivity index (χ4v) is 3.16. The van der Waals surface area contributed by atoms with Gasteiger partial charge >= 0.3 is 0 Å². The van der Waals surface area contributed by atoms with Crippen LogP contribution >= 0.6 is 0 Å². The summed E-state index contributed by atoms with van der Waals surface area (Å²) in [6, 6.07) is 28.6. The minimum Gasteiger partial charge on any atom is -1.00 e. The van der Waals surface area contributed by atoms with Crippen LogP contribution in [0.4, 0.5) is 0 Å². The van der Waals surface area contributed by atoms with Crippen LogP contribution in [0.15, 0.2) is 97.3 Å². The lowest BCUT2D eigenvalue weighted by Crippen LogP contribution is -3.00. The van der Waals surface area contributed by atoms with Gasteiger partial charge in [-0.15, -0.1) is 0 Å². The van der Waals surface area contributed by atoms with Crippen LogP contribution in [0.5, 0.6) is 0 Å². The number of hydrogen-bond donors (Lipinski definition) is 0. The van der Waals surface area contributed by atoms with Crippen LogP contribution in [0.3, 0.4) is 0 Å². The highest BCUT2D eigenvalue weighted by atomic mass is 79.9. The largest absolute Gasteiger partial charge is 1.00 e. The predicted molar refractivity (Wildman–Crippen MR) is 104 cm³/mol. The summed E-state index contributed by atoms with van der Waals surface area (Å²) in [5.74, 6) is 0.122. The minimum absolute atomic E-state index is 0. The molecular formula is C24H20BrNO. The van der Waals surface area contributed by atoms with E-state index in [0.29, 0.717) is 6.54 Å². The van der Waals surface area contributed by atoms with E-state index in [9.17, 15) is 4.79 Å². The average molecular weight is 418 g/mol. The maximum absolute atomic E-state index is 12.6. The first-order chi connectivity index (χ1) is 12.8. The molecule has 0 saturated carbocycles. The molecule has 0 spiro atoms. The highest BCUT2D eigenvalue weighted by molar-refractivity contribution is 5.99. The predicted octanol–water partition coefficient (Wildman–Crippen LogP) is 1.60. The van der Waals surface area contributed by atoms with E-state index >= 15 is 0 Å². The van der Waals surface area contributed by atoms with Crippen molar-refractivity contribution in [2.24, 2.45) is 0 Å². The summed E-state index contributed by atoms with van der Waals surface area (Å²) in [6.07, 6.45) is 4.87. The first kappa shape index (κ1) is 19.0. The number of carbonyl (C=O) groups excluding carboxylic acids is 1. The van der Waals surface area contributed by atoms with E-state index in [0.717, 1.165) is 22.8 Å². The van der Waals surface area contributed by atoms with Gasteiger partial charge in [0.15, 0.2) is 12.4 Å². The van der Waals surface area contributed by atoms with Gasteiger partial charge in [-0.05, 0) is 34.4 Å². The number of aromatic nitrogens is 1. The number of fused-ring (bicyclic) bond motifs is 1. The van der Waals surface area contributed by atoms with E-state index in [4.69, 9.17) is 0 Å². The molecule has 3 heteroatoms. The maximum Gasteiger partial charge on any atom is 0.227 e. The molecular weight excluding hydrogens is 398 g/mol. The number of benzene rings is 3. The van der Waals surface area contributed by atoms with Crippen LogP contribution in [-0.2, 0) is 13.0 Å². The molecule has 0 bridgehead atoms. The van der Waals surface area contributed by atoms with E-state index in [1.165, 1.54) is 11.1 Å². The Morgan fingerprint density at radius 3 is 2.07 bits per heavy atom. The molecule has 3 aromatic carbocycles. The van der Waals surface area contributed by atoms with Crippen molar-refractivity contribution in [1.82, 2.24) is 0 Å². The summed E-state index contributed by atoms with van der Waals surface area (Å²) < 4.78 is 1.94. The Morgan fingerprint density at radius 1 is 0.704 bits per heavy atom. The summed E-state index contributed by atoms with van der Waals surface area (Å²) >= 11 is 0. The number of pyridine rings is 1. The molecule has 0 aliphatic rings. The Bertz CT molecular complexity index is 1040. The van der Waals surface area contributed by atoms with E-state index in [1.54, 1.807) is 0 Å². The van der Waals surface area contributed by atoms with Gasteiger partial charge in [0.25, 0.3) is 0 Å².